The van der Waals surface area contributed by atoms with Crippen LogP contribution in [0.25, 0.3) is 0 Å². The first-order chi connectivity index (χ1) is 8.61. The highest BCUT2D eigenvalue weighted by Gasteiger charge is 2.27. The molecular formula is C11H16N4O3. The van der Waals surface area contributed by atoms with Gasteiger partial charge in [0.1, 0.15) is 6.04 Å². The van der Waals surface area contributed by atoms with Crippen molar-refractivity contribution in [1.82, 2.24) is 20.6 Å². The topological polar surface area (TPSA) is 96.1 Å². The van der Waals surface area contributed by atoms with Gasteiger partial charge < -0.3 is 15.0 Å². The third kappa shape index (κ3) is 2.51. The highest BCUT2D eigenvalue weighted by molar-refractivity contribution is 5.87. The van der Waals surface area contributed by atoms with Crippen molar-refractivity contribution < 1.29 is 14.3 Å². The molecule has 1 aromatic heterocycles. The highest BCUT2D eigenvalue weighted by Crippen LogP contribution is 2.12. The minimum Gasteiger partial charge on any atom is -0.467 e. The fraction of sp³-hybridized carbons (Fsp3) is 0.545. The number of carbonyl (C=O) groups excluding carboxylic acids is 2. The predicted molar refractivity (Wildman–Crippen MR) is 62.5 cm³/mol. The second-order valence-corrected chi connectivity index (χ2v) is 4.22. The summed E-state index contributed by atoms with van der Waals surface area (Å²) in [5.74, 6) is -0.679. The number of nitrogens with one attached hydrogen (secondary N) is 3. The molecule has 7 nitrogen and oxygen atoms in total. The molecule has 2 heterocycles. The summed E-state index contributed by atoms with van der Waals surface area (Å²) < 4.78 is 4.55. The van der Waals surface area contributed by atoms with Gasteiger partial charge in [-0.25, -0.2) is 9.78 Å². The number of aromatic nitrogens is 2. The molecule has 0 aromatic carbocycles. The van der Waals surface area contributed by atoms with Crippen molar-refractivity contribution in [2.75, 3.05) is 7.11 Å². The van der Waals surface area contributed by atoms with Gasteiger partial charge in [-0.15, -0.1) is 0 Å². The molecule has 18 heavy (non-hydrogen) atoms. The quantitative estimate of drug-likeness (QED) is 0.606. The van der Waals surface area contributed by atoms with E-state index in [0.717, 1.165) is 11.4 Å². The number of imidazole rings is 1. The van der Waals surface area contributed by atoms with E-state index in [0.29, 0.717) is 13.0 Å². The molecule has 7 heteroatoms. The van der Waals surface area contributed by atoms with Gasteiger partial charge >= 0.3 is 5.97 Å². The van der Waals surface area contributed by atoms with Crippen LogP contribution in [0.4, 0.5) is 0 Å². The molecule has 2 rings (SSSR count). The average Bonchev–Trinajstić information content (AvgIpc) is 2.84. The van der Waals surface area contributed by atoms with Crippen LogP contribution in [0.5, 0.6) is 0 Å². The van der Waals surface area contributed by atoms with Crippen LogP contribution < -0.4 is 10.6 Å². The van der Waals surface area contributed by atoms with Gasteiger partial charge in [-0.2, -0.15) is 0 Å². The van der Waals surface area contributed by atoms with Gasteiger partial charge in [-0.05, 0) is 6.92 Å². The van der Waals surface area contributed by atoms with Gasteiger partial charge in [0, 0.05) is 13.0 Å². The Labute approximate surface area is 104 Å². The molecule has 1 unspecified atom stereocenters. The van der Waals surface area contributed by atoms with Crippen LogP contribution in [-0.2, 0) is 27.3 Å². The van der Waals surface area contributed by atoms with Crippen molar-refractivity contribution in [3.8, 4) is 0 Å². The van der Waals surface area contributed by atoms with E-state index in [-0.39, 0.29) is 11.9 Å². The summed E-state index contributed by atoms with van der Waals surface area (Å²) in [4.78, 5) is 30.3. The molecule has 0 spiro atoms. The second kappa shape index (κ2) is 5.18. The summed E-state index contributed by atoms with van der Waals surface area (Å²) in [6.07, 6.45) is 2.13. The van der Waals surface area contributed by atoms with Gasteiger partial charge in [-0.3, -0.25) is 10.1 Å². The number of nitrogens with zero attached hydrogens (tertiary/aromatic N) is 1. The normalized spacial score (nSPS) is 19.8. The Morgan fingerprint density at radius 2 is 2.39 bits per heavy atom. The molecule has 2 atom stereocenters. The molecule has 1 aliphatic heterocycles. The number of hydrogen-bond donors (Lipinski definition) is 3. The van der Waals surface area contributed by atoms with Gasteiger partial charge in [0.15, 0.2) is 0 Å². The highest BCUT2D eigenvalue weighted by atomic mass is 16.5. The van der Waals surface area contributed by atoms with Gasteiger partial charge in [0.05, 0.1) is 30.9 Å². The molecule has 0 aliphatic carbocycles. The van der Waals surface area contributed by atoms with E-state index in [4.69, 9.17) is 0 Å². The van der Waals surface area contributed by atoms with E-state index in [1.807, 2.05) is 0 Å². The van der Waals surface area contributed by atoms with Crippen molar-refractivity contribution in [2.45, 2.75) is 32.0 Å². The summed E-state index contributed by atoms with van der Waals surface area (Å²) in [5.41, 5.74) is 1.89. The Balaban J connectivity index is 1.93. The van der Waals surface area contributed by atoms with Crippen LogP contribution in [0, 0.1) is 0 Å². The van der Waals surface area contributed by atoms with Crippen molar-refractivity contribution >= 4 is 11.9 Å². The minimum absolute atomic E-state index is 0.221. The molecule has 0 radical (unpaired) electrons. The van der Waals surface area contributed by atoms with E-state index in [1.165, 1.54) is 7.11 Å². The van der Waals surface area contributed by atoms with Gasteiger partial charge in [0.2, 0.25) is 5.91 Å². The maximum atomic E-state index is 11.9. The molecule has 3 N–H and O–H groups in total. The molecule has 0 saturated carbocycles. The van der Waals surface area contributed by atoms with Crippen molar-refractivity contribution in [2.24, 2.45) is 0 Å². The van der Waals surface area contributed by atoms with Crippen LogP contribution in [-0.4, -0.2) is 41.0 Å². The average molecular weight is 252 g/mol. The van der Waals surface area contributed by atoms with Gasteiger partial charge in [0.25, 0.3) is 0 Å². The fourth-order valence-corrected chi connectivity index (χ4v) is 1.90. The van der Waals surface area contributed by atoms with Crippen molar-refractivity contribution in [3.05, 3.63) is 17.7 Å². The summed E-state index contributed by atoms with van der Waals surface area (Å²) in [6, 6.07) is -1.02. The number of aromatic amines is 1. The Morgan fingerprint density at radius 1 is 1.61 bits per heavy atom. The lowest BCUT2D eigenvalue weighted by atomic mass is 10.0. The van der Waals surface area contributed by atoms with Crippen molar-refractivity contribution in [3.63, 3.8) is 0 Å². The molecule has 0 fully saturated rings. The van der Waals surface area contributed by atoms with E-state index in [1.54, 1.807) is 13.3 Å². The number of H-pyrrole nitrogens is 1. The molecule has 0 saturated heterocycles. The third-order valence-corrected chi connectivity index (χ3v) is 2.96. The number of rotatable bonds is 3. The zero-order valence-corrected chi connectivity index (χ0v) is 10.3. The molecule has 1 aliphatic rings. The predicted octanol–water partition coefficient (Wildman–Crippen LogP) is -0.898. The number of fused-ring (bicyclic) bond motifs is 1. The van der Waals surface area contributed by atoms with E-state index >= 15 is 0 Å². The number of carbonyl (C=O) groups is 2. The maximum Gasteiger partial charge on any atom is 0.328 e. The Hall–Kier alpha value is -1.89. The zero-order valence-electron chi connectivity index (χ0n) is 10.3. The zero-order chi connectivity index (χ0) is 13.1. The third-order valence-electron chi connectivity index (χ3n) is 2.96. The van der Waals surface area contributed by atoms with E-state index < -0.39 is 12.0 Å². The van der Waals surface area contributed by atoms with Crippen LogP contribution in [0.15, 0.2) is 6.33 Å². The van der Waals surface area contributed by atoms with E-state index in [9.17, 15) is 9.59 Å². The molecular weight excluding hydrogens is 236 g/mol. The number of ether oxygens (including phenoxy) is 1. The Morgan fingerprint density at radius 3 is 3.11 bits per heavy atom. The van der Waals surface area contributed by atoms with Crippen LogP contribution in [0.1, 0.15) is 18.3 Å². The monoisotopic (exact) mass is 252 g/mol. The first-order valence-electron chi connectivity index (χ1n) is 5.74. The molecule has 98 valence electrons. The number of hydrogen-bond acceptors (Lipinski definition) is 5. The van der Waals surface area contributed by atoms with Crippen LogP contribution >= 0.6 is 0 Å². The summed E-state index contributed by atoms with van der Waals surface area (Å²) in [7, 11) is 1.29. The van der Waals surface area contributed by atoms with Gasteiger partial charge in [-0.1, -0.05) is 0 Å². The smallest absolute Gasteiger partial charge is 0.328 e. The number of amides is 1. The summed E-state index contributed by atoms with van der Waals surface area (Å²) >= 11 is 0. The summed E-state index contributed by atoms with van der Waals surface area (Å²) in [6.45, 7) is 2.16. The first kappa shape index (κ1) is 12.6. The SMILES string of the molecule is COC(=O)[C@H](C)NC(=O)C1Cc2nc[nH]c2CN1. The van der Waals surface area contributed by atoms with E-state index in [2.05, 4.69) is 25.3 Å². The first-order valence-corrected chi connectivity index (χ1v) is 5.74. The molecule has 0 bridgehead atoms. The Kier molecular flexibility index (Phi) is 3.61. The summed E-state index contributed by atoms with van der Waals surface area (Å²) in [5, 5.41) is 5.70. The van der Waals surface area contributed by atoms with Crippen molar-refractivity contribution in [1.29, 1.82) is 0 Å². The van der Waals surface area contributed by atoms with Crippen LogP contribution in [0.2, 0.25) is 0 Å². The second-order valence-electron chi connectivity index (χ2n) is 4.22. The molecule has 1 aromatic rings. The molecule has 1 amide bonds. The lowest BCUT2D eigenvalue weighted by Gasteiger charge is -2.23. The largest absolute Gasteiger partial charge is 0.467 e. The van der Waals surface area contributed by atoms with Crippen LogP contribution in [0.3, 0.4) is 0 Å². The minimum atomic E-state index is -0.648. The Bertz CT molecular complexity index is 457. The lowest BCUT2D eigenvalue weighted by molar-refractivity contribution is -0.144. The lowest BCUT2D eigenvalue weighted by Crippen LogP contribution is -2.51. The number of methoxy groups -OCH3 is 1. The number of esters is 1. The fourth-order valence-electron chi connectivity index (χ4n) is 1.90. The maximum absolute atomic E-state index is 11.9. The standard InChI is InChI=1S/C11H16N4O3/c1-6(11(17)18-2)15-10(16)8-3-7-9(4-12-8)14-5-13-7/h5-6,8,12H,3-4H2,1-2H3,(H,13,14)(H,15,16)/t6-,8?/m0/s1.